The second kappa shape index (κ2) is 3.15. The molecule has 0 unspecified atom stereocenters. The highest BCUT2D eigenvalue weighted by Gasteiger charge is 2.30. The predicted molar refractivity (Wildman–Crippen MR) is 59.1 cm³/mol. The van der Waals surface area contributed by atoms with Gasteiger partial charge in [0.1, 0.15) is 0 Å². The molecule has 4 nitrogen and oxygen atoms in total. The molecule has 2 rings (SSSR count). The molecule has 0 spiro atoms. The first-order chi connectivity index (χ1) is 7.00. The molecule has 0 fully saturated rings. The lowest BCUT2D eigenvalue weighted by molar-refractivity contribution is -0.125. The molecule has 0 radical (unpaired) electrons. The fourth-order valence-electron chi connectivity index (χ4n) is 1.78. The van der Waals surface area contributed by atoms with E-state index < -0.39 is 6.10 Å². The average Bonchev–Trinajstić information content (AvgIpc) is 2.17. The van der Waals surface area contributed by atoms with E-state index in [1.807, 2.05) is 19.1 Å². The van der Waals surface area contributed by atoms with Gasteiger partial charge in [-0.25, -0.2) is 0 Å². The van der Waals surface area contributed by atoms with Gasteiger partial charge in [0, 0.05) is 7.05 Å². The van der Waals surface area contributed by atoms with Gasteiger partial charge in [-0.1, -0.05) is 0 Å². The minimum Gasteiger partial charge on any atom is -0.477 e. The van der Waals surface area contributed by atoms with Crippen LogP contribution in [0.15, 0.2) is 12.1 Å². The number of nitrogen functional groups attached to an aromatic ring is 1. The number of nitrogens with two attached hydrogens (primary N) is 1. The maximum Gasteiger partial charge on any atom is 0.267 e. The summed E-state index contributed by atoms with van der Waals surface area (Å²) < 4.78 is 5.48. The van der Waals surface area contributed by atoms with Crippen molar-refractivity contribution in [1.82, 2.24) is 0 Å². The molecule has 1 amide bonds. The first kappa shape index (κ1) is 9.83. The van der Waals surface area contributed by atoms with Crippen molar-refractivity contribution in [2.24, 2.45) is 0 Å². The van der Waals surface area contributed by atoms with E-state index >= 15 is 0 Å². The molecule has 15 heavy (non-hydrogen) atoms. The number of ether oxygens (including phenoxy) is 1. The zero-order valence-corrected chi connectivity index (χ0v) is 9.07. The highest BCUT2D eigenvalue weighted by molar-refractivity contribution is 6.00. The number of nitrogens with zero attached hydrogens (tertiary/aromatic N) is 1. The molecular formula is C11H14N2O2. The topological polar surface area (TPSA) is 55.6 Å². The second-order valence-corrected chi connectivity index (χ2v) is 3.86. The summed E-state index contributed by atoms with van der Waals surface area (Å²) in [6, 6.07) is 3.74. The number of likely N-dealkylation sites (N-methyl/N-ethyl adjacent to an activating group) is 1. The van der Waals surface area contributed by atoms with Crippen molar-refractivity contribution in [1.29, 1.82) is 0 Å². The number of benzene rings is 1. The van der Waals surface area contributed by atoms with Crippen LogP contribution >= 0.6 is 0 Å². The molecule has 1 aromatic rings. The lowest BCUT2D eigenvalue weighted by Gasteiger charge is -2.31. The first-order valence-electron chi connectivity index (χ1n) is 4.85. The van der Waals surface area contributed by atoms with Gasteiger partial charge in [0.25, 0.3) is 5.91 Å². The summed E-state index contributed by atoms with van der Waals surface area (Å²) in [5.74, 6) is 0.558. The number of anilines is 2. The lowest BCUT2D eigenvalue weighted by atomic mass is 10.1. The molecule has 2 N–H and O–H groups in total. The third-order valence-corrected chi connectivity index (χ3v) is 2.58. The van der Waals surface area contributed by atoms with Crippen molar-refractivity contribution in [2.75, 3.05) is 17.7 Å². The third-order valence-electron chi connectivity index (χ3n) is 2.58. The SMILES string of the molecule is Cc1cc(N)c2c(c1)N(C)C(=O)[C@@H](C)O2. The molecular weight excluding hydrogens is 192 g/mol. The van der Waals surface area contributed by atoms with Gasteiger partial charge in [-0.05, 0) is 31.5 Å². The molecule has 4 heteroatoms. The van der Waals surface area contributed by atoms with Crippen molar-refractivity contribution in [3.8, 4) is 5.75 Å². The molecule has 0 aliphatic carbocycles. The van der Waals surface area contributed by atoms with E-state index in [0.29, 0.717) is 11.4 Å². The van der Waals surface area contributed by atoms with E-state index in [4.69, 9.17) is 10.5 Å². The van der Waals surface area contributed by atoms with Crippen LogP contribution in [0.4, 0.5) is 11.4 Å². The number of rotatable bonds is 0. The summed E-state index contributed by atoms with van der Waals surface area (Å²) in [7, 11) is 1.74. The lowest BCUT2D eigenvalue weighted by Crippen LogP contribution is -2.42. The number of carbonyl (C=O) groups excluding carboxylic acids is 1. The predicted octanol–water partition coefficient (Wildman–Crippen LogP) is 1.32. The van der Waals surface area contributed by atoms with Crippen molar-refractivity contribution < 1.29 is 9.53 Å². The van der Waals surface area contributed by atoms with Crippen molar-refractivity contribution in [2.45, 2.75) is 20.0 Å². The van der Waals surface area contributed by atoms with E-state index in [-0.39, 0.29) is 5.91 Å². The van der Waals surface area contributed by atoms with Gasteiger partial charge < -0.3 is 15.4 Å². The van der Waals surface area contributed by atoms with Crippen LogP contribution < -0.4 is 15.4 Å². The zero-order chi connectivity index (χ0) is 11.2. The zero-order valence-electron chi connectivity index (χ0n) is 9.07. The van der Waals surface area contributed by atoms with Crippen LogP contribution in [-0.2, 0) is 4.79 Å². The molecule has 1 atom stereocenters. The van der Waals surface area contributed by atoms with E-state index in [2.05, 4.69) is 0 Å². The summed E-state index contributed by atoms with van der Waals surface area (Å²) >= 11 is 0. The monoisotopic (exact) mass is 206 g/mol. The molecule has 80 valence electrons. The van der Waals surface area contributed by atoms with Crippen molar-refractivity contribution in [3.63, 3.8) is 0 Å². The Hall–Kier alpha value is -1.71. The number of hydrogen-bond donors (Lipinski definition) is 1. The summed E-state index contributed by atoms with van der Waals surface area (Å²) in [6.45, 7) is 3.66. The van der Waals surface area contributed by atoms with E-state index in [1.54, 1.807) is 18.9 Å². The minimum absolute atomic E-state index is 0.0486. The standard InChI is InChI=1S/C11H14N2O2/c1-6-4-8(12)10-9(5-6)13(3)11(14)7(2)15-10/h4-5,7H,12H2,1-3H3/t7-/m1/s1. The summed E-state index contributed by atoms with van der Waals surface area (Å²) in [4.78, 5) is 13.3. The van der Waals surface area contributed by atoms with Crippen LogP contribution in [0.25, 0.3) is 0 Å². The Labute approximate surface area is 88.6 Å². The smallest absolute Gasteiger partial charge is 0.267 e. The van der Waals surface area contributed by atoms with Gasteiger partial charge in [-0.3, -0.25) is 4.79 Å². The van der Waals surface area contributed by atoms with Crippen LogP contribution in [0.1, 0.15) is 12.5 Å². The number of amides is 1. The number of carbonyl (C=O) groups is 1. The normalized spacial score (nSPS) is 19.8. The molecule has 1 aliphatic heterocycles. The van der Waals surface area contributed by atoms with Gasteiger partial charge in [0.05, 0.1) is 11.4 Å². The number of hydrogen-bond acceptors (Lipinski definition) is 3. The summed E-state index contributed by atoms with van der Waals surface area (Å²) in [5.41, 5.74) is 8.19. The third kappa shape index (κ3) is 1.42. The van der Waals surface area contributed by atoms with E-state index in [0.717, 1.165) is 11.3 Å². The maximum atomic E-state index is 11.7. The molecule has 1 aliphatic rings. The Morgan fingerprint density at radius 3 is 2.80 bits per heavy atom. The van der Waals surface area contributed by atoms with Crippen LogP contribution in [0.3, 0.4) is 0 Å². The average molecular weight is 206 g/mol. The largest absolute Gasteiger partial charge is 0.477 e. The minimum atomic E-state index is -0.465. The highest BCUT2D eigenvalue weighted by atomic mass is 16.5. The molecule has 1 aromatic carbocycles. The Morgan fingerprint density at radius 1 is 1.47 bits per heavy atom. The van der Waals surface area contributed by atoms with Crippen molar-refractivity contribution >= 4 is 17.3 Å². The Kier molecular flexibility index (Phi) is 2.07. The van der Waals surface area contributed by atoms with Gasteiger partial charge in [-0.2, -0.15) is 0 Å². The molecule has 1 heterocycles. The number of aryl methyl sites for hydroxylation is 1. The van der Waals surface area contributed by atoms with Crippen molar-refractivity contribution in [3.05, 3.63) is 17.7 Å². The Morgan fingerprint density at radius 2 is 2.13 bits per heavy atom. The van der Waals surface area contributed by atoms with E-state index in [1.165, 1.54) is 0 Å². The van der Waals surface area contributed by atoms with Gasteiger partial charge >= 0.3 is 0 Å². The quantitative estimate of drug-likeness (QED) is 0.651. The van der Waals surface area contributed by atoms with Crippen LogP contribution in [-0.4, -0.2) is 19.1 Å². The van der Waals surface area contributed by atoms with Crippen LogP contribution in [0.5, 0.6) is 5.75 Å². The second-order valence-electron chi connectivity index (χ2n) is 3.86. The molecule has 0 saturated heterocycles. The summed E-state index contributed by atoms with van der Waals surface area (Å²) in [5, 5.41) is 0. The van der Waals surface area contributed by atoms with Gasteiger partial charge in [0.15, 0.2) is 11.9 Å². The highest BCUT2D eigenvalue weighted by Crippen LogP contribution is 2.38. The van der Waals surface area contributed by atoms with Crippen LogP contribution in [0.2, 0.25) is 0 Å². The fourth-order valence-corrected chi connectivity index (χ4v) is 1.78. The van der Waals surface area contributed by atoms with Gasteiger partial charge in [-0.15, -0.1) is 0 Å². The van der Waals surface area contributed by atoms with E-state index in [9.17, 15) is 4.79 Å². The Balaban J connectivity index is 2.60. The fraction of sp³-hybridized carbons (Fsp3) is 0.364. The molecule has 0 saturated carbocycles. The van der Waals surface area contributed by atoms with Crippen LogP contribution in [0, 0.1) is 6.92 Å². The first-order valence-corrected chi connectivity index (χ1v) is 4.85. The molecule has 0 aromatic heterocycles. The number of fused-ring (bicyclic) bond motifs is 1. The van der Waals surface area contributed by atoms with Gasteiger partial charge in [0.2, 0.25) is 0 Å². The summed E-state index contributed by atoms with van der Waals surface area (Å²) in [6.07, 6.45) is -0.465. The Bertz CT molecular complexity index is 429. The molecule has 0 bridgehead atoms. The maximum absolute atomic E-state index is 11.7.